The number of nitrogens with two attached hydrogens (primary N) is 1. The summed E-state index contributed by atoms with van der Waals surface area (Å²) in [5.74, 6) is -1.96. The summed E-state index contributed by atoms with van der Waals surface area (Å²) in [5, 5.41) is 3.97. The molecule has 0 saturated carbocycles. The van der Waals surface area contributed by atoms with Crippen LogP contribution in [0.4, 0.5) is 11.4 Å². The smallest absolute Gasteiger partial charge is 0.345 e. The quantitative estimate of drug-likeness (QED) is 0.336. The molecule has 9 nitrogen and oxygen atoms in total. The largest absolute Gasteiger partial charge is 0.389 e. The Balaban J connectivity index is 1.24. The number of hydrogen-bond donors (Lipinski definition) is 3. The number of ether oxygens (including phenoxy) is 1. The van der Waals surface area contributed by atoms with Crippen LogP contribution in [0.1, 0.15) is 42.5 Å². The Kier molecular flexibility index (Phi) is 7.48. The Bertz CT molecular complexity index is 1270. The number of carbonyl (C=O) groups is 4. The minimum absolute atomic E-state index is 0.00355. The molecule has 4 N–H and O–H groups in total. The molecule has 2 aromatic carbocycles. The van der Waals surface area contributed by atoms with Crippen molar-refractivity contribution in [2.75, 3.05) is 16.8 Å². The molecule has 1 fully saturated rings. The zero-order chi connectivity index (χ0) is 24.9. The highest BCUT2D eigenvalue weighted by atomic mass is 35.5. The van der Waals surface area contributed by atoms with Crippen LogP contribution in [-0.2, 0) is 19.1 Å². The average Bonchev–Trinajstić information content (AvgIpc) is 3.23. The lowest BCUT2D eigenvalue weighted by Gasteiger charge is -2.26. The number of halogens is 1. The normalized spacial score (nSPS) is 14.6. The number of piperidine rings is 1. The van der Waals surface area contributed by atoms with Crippen molar-refractivity contribution in [2.45, 2.75) is 38.1 Å². The number of aromatic amines is 1. The molecular weight excluding hydrogens is 472 g/mol. The molecule has 1 atom stereocenters. The number of anilines is 2. The van der Waals surface area contributed by atoms with Crippen molar-refractivity contribution in [1.29, 1.82) is 0 Å². The summed E-state index contributed by atoms with van der Waals surface area (Å²) in [5.41, 5.74) is 8.06. The molecule has 3 aromatic rings. The number of benzene rings is 2. The molecule has 0 radical (unpaired) electrons. The van der Waals surface area contributed by atoms with E-state index in [1.165, 1.54) is 6.07 Å². The van der Waals surface area contributed by atoms with Gasteiger partial charge in [-0.1, -0.05) is 17.7 Å². The molecule has 1 aliphatic heterocycles. The number of nitrogens with one attached hydrogen (secondary N) is 2. The lowest BCUT2D eigenvalue weighted by molar-refractivity contribution is -0.138. The minimum Gasteiger partial charge on any atom is -0.389 e. The van der Waals surface area contributed by atoms with E-state index in [4.69, 9.17) is 22.1 Å². The molecular formula is C25H25ClN4O5. The van der Waals surface area contributed by atoms with Gasteiger partial charge in [-0.25, -0.2) is 4.79 Å². The second-order valence-electron chi connectivity index (χ2n) is 8.34. The predicted molar refractivity (Wildman–Crippen MR) is 132 cm³/mol. The van der Waals surface area contributed by atoms with Gasteiger partial charge >= 0.3 is 11.9 Å². The van der Waals surface area contributed by atoms with Gasteiger partial charge in [-0.15, -0.1) is 0 Å². The summed E-state index contributed by atoms with van der Waals surface area (Å²) in [4.78, 5) is 53.5. The van der Waals surface area contributed by atoms with E-state index < -0.39 is 23.9 Å². The number of esters is 2. The van der Waals surface area contributed by atoms with Crippen LogP contribution in [0.3, 0.4) is 0 Å². The maximum Gasteiger partial charge on any atom is 0.345 e. The van der Waals surface area contributed by atoms with Crippen molar-refractivity contribution in [3.05, 3.63) is 59.2 Å². The van der Waals surface area contributed by atoms with E-state index in [1.807, 2.05) is 0 Å². The van der Waals surface area contributed by atoms with Crippen LogP contribution < -0.4 is 16.0 Å². The zero-order valence-corrected chi connectivity index (χ0v) is 19.6. The molecule has 0 bridgehead atoms. The first-order valence-electron chi connectivity index (χ1n) is 11.3. The SMILES string of the molecule is N[C@@H](CCC(=O)OC(=O)c1ccc2c(Cl)c[nH]c2c1)C(=O)Nc1ccc(N2CCCCC2=O)cc1. The molecule has 0 unspecified atom stereocenters. The lowest BCUT2D eigenvalue weighted by Crippen LogP contribution is -2.36. The number of fused-ring (bicyclic) bond motifs is 1. The van der Waals surface area contributed by atoms with E-state index in [0.29, 0.717) is 29.2 Å². The van der Waals surface area contributed by atoms with Crippen molar-refractivity contribution < 1.29 is 23.9 Å². The number of carbonyl (C=O) groups excluding carboxylic acids is 4. The van der Waals surface area contributed by atoms with Gasteiger partial charge in [-0.2, -0.15) is 0 Å². The Morgan fingerprint density at radius 3 is 2.66 bits per heavy atom. The van der Waals surface area contributed by atoms with Crippen molar-refractivity contribution >= 4 is 57.6 Å². The Morgan fingerprint density at radius 2 is 1.91 bits per heavy atom. The van der Waals surface area contributed by atoms with Gasteiger partial charge in [0.2, 0.25) is 11.8 Å². The van der Waals surface area contributed by atoms with E-state index in [0.717, 1.165) is 23.9 Å². The molecule has 1 saturated heterocycles. The Morgan fingerprint density at radius 1 is 1.14 bits per heavy atom. The topological polar surface area (TPSA) is 135 Å². The number of H-pyrrole nitrogens is 1. The van der Waals surface area contributed by atoms with E-state index >= 15 is 0 Å². The maximum atomic E-state index is 12.4. The van der Waals surface area contributed by atoms with Gasteiger partial charge < -0.3 is 25.7 Å². The van der Waals surface area contributed by atoms with Crippen molar-refractivity contribution in [3.8, 4) is 0 Å². The first kappa shape index (κ1) is 24.4. The standard InChI is InChI=1S/C25H25ClN4O5/c26-19-14-28-21-13-15(4-9-18(19)21)25(34)35-23(32)11-10-20(27)24(33)29-16-5-7-17(8-6-16)30-12-2-1-3-22(30)31/h4-9,13-14,20,28H,1-3,10-12,27H2,(H,29,33)/t20-/m0/s1. The monoisotopic (exact) mass is 496 g/mol. The molecule has 35 heavy (non-hydrogen) atoms. The molecule has 10 heteroatoms. The second kappa shape index (κ2) is 10.7. The predicted octanol–water partition coefficient (Wildman–Crippen LogP) is 3.77. The third kappa shape index (κ3) is 5.87. The van der Waals surface area contributed by atoms with Crippen LogP contribution in [-0.4, -0.2) is 41.3 Å². The first-order valence-corrected chi connectivity index (χ1v) is 11.7. The van der Waals surface area contributed by atoms with Crippen molar-refractivity contribution in [1.82, 2.24) is 4.98 Å². The van der Waals surface area contributed by atoms with Crippen LogP contribution >= 0.6 is 11.6 Å². The second-order valence-corrected chi connectivity index (χ2v) is 8.75. The Hall–Kier alpha value is -3.69. The fourth-order valence-electron chi connectivity index (χ4n) is 3.87. The summed E-state index contributed by atoms with van der Waals surface area (Å²) in [6, 6.07) is 10.7. The van der Waals surface area contributed by atoms with Gasteiger partial charge in [0.25, 0.3) is 0 Å². The maximum absolute atomic E-state index is 12.4. The van der Waals surface area contributed by atoms with Gasteiger partial charge in [0.05, 0.1) is 16.6 Å². The highest BCUT2D eigenvalue weighted by Crippen LogP contribution is 2.24. The van der Waals surface area contributed by atoms with Crippen LogP contribution in [0.25, 0.3) is 10.9 Å². The summed E-state index contributed by atoms with van der Waals surface area (Å²) in [6.07, 6.45) is 3.81. The molecule has 0 aliphatic carbocycles. The van der Waals surface area contributed by atoms with Gasteiger partial charge in [-0.05, 0) is 55.7 Å². The van der Waals surface area contributed by atoms with Crippen LogP contribution in [0.2, 0.25) is 5.02 Å². The molecule has 1 aromatic heterocycles. The molecule has 182 valence electrons. The van der Waals surface area contributed by atoms with Crippen molar-refractivity contribution in [3.63, 3.8) is 0 Å². The molecule has 4 rings (SSSR count). The minimum atomic E-state index is -0.974. The van der Waals surface area contributed by atoms with Gasteiger partial charge in [0.1, 0.15) is 0 Å². The van der Waals surface area contributed by atoms with E-state index in [2.05, 4.69) is 10.3 Å². The third-order valence-electron chi connectivity index (χ3n) is 5.84. The lowest BCUT2D eigenvalue weighted by atomic mass is 10.1. The first-order chi connectivity index (χ1) is 16.8. The number of nitrogens with zero attached hydrogens (tertiary/aromatic N) is 1. The summed E-state index contributed by atoms with van der Waals surface area (Å²) in [7, 11) is 0. The van der Waals surface area contributed by atoms with Crippen LogP contribution in [0.5, 0.6) is 0 Å². The molecule has 2 heterocycles. The Labute approximate surface area is 206 Å². The summed E-state index contributed by atoms with van der Waals surface area (Å²) < 4.78 is 4.88. The van der Waals surface area contributed by atoms with E-state index in [1.54, 1.807) is 47.5 Å². The molecule has 2 amide bonds. The van der Waals surface area contributed by atoms with Crippen LogP contribution in [0, 0.1) is 0 Å². The summed E-state index contributed by atoms with van der Waals surface area (Å²) >= 11 is 6.02. The van der Waals surface area contributed by atoms with Gasteiger partial charge in [0.15, 0.2) is 0 Å². The molecule has 0 spiro atoms. The number of rotatable bonds is 7. The van der Waals surface area contributed by atoms with Crippen LogP contribution in [0.15, 0.2) is 48.7 Å². The van der Waals surface area contributed by atoms with E-state index in [-0.39, 0.29) is 24.3 Å². The number of aromatic nitrogens is 1. The van der Waals surface area contributed by atoms with Gasteiger partial charge in [-0.3, -0.25) is 14.4 Å². The summed E-state index contributed by atoms with van der Waals surface area (Å²) in [6.45, 7) is 0.683. The average molecular weight is 497 g/mol. The number of hydrogen-bond acceptors (Lipinski definition) is 6. The number of amides is 2. The highest BCUT2D eigenvalue weighted by Gasteiger charge is 2.21. The third-order valence-corrected chi connectivity index (χ3v) is 6.15. The zero-order valence-electron chi connectivity index (χ0n) is 18.9. The van der Waals surface area contributed by atoms with E-state index in [9.17, 15) is 19.2 Å². The molecule has 1 aliphatic rings. The fraction of sp³-hybridized carbons (Fsp3) is 0.280. The fourth-order valence-corrected chi connectivity index (χ4v) is 4.09. The van der Waals surface area contributed by atoms with Gasteiger partial charge in [0, 0.05) is 47.9 Å². The van der Waals surface area contributed by atoms with Crippen molar-refractivity contribution in [2.24, 2.45) is 5.73 Å². The highest BCUT2D eigenvalue weighted by molar-refractivity contribution is 6.35.